The molecule has 0 saturated carbocycles. The molecule has 5 aliphatic rings. The van der Waals surface area contributed by atoms with Crippen LogP contribution in [0.15, 0.2) is 236 Å². The van der Waals surface area contributed by atoms with Gasteiger partial charge in [-0.15, -0.1) is 0 Å². The maximum atomic E-state index is 4.67. The van der Waals surface area contributed by atoms with Crippen molar-refractivity contribution < 1.29 is 0 Å². The average molecular weight is 808 g/mol. The second kappa shape index (κ2) is 15.4. The fourth-order valence-electron chi connectivity index (χ4n) is 11.7. The predicted molar refractivity (Wildman–Crippen MR) is 262 cm³/mol. The lowest BCUT2D eigenvalue weighted by molar-refractivity contribution is 0.492. The van der Waals surface area contributed by atoms with E-state index < -0.39 is 5.41 Å². The molecule has 0 saturated heterocycles. The van der Waals surface area contributed by atoms with Gasteiger partial charge in [-0.2, -0.15) is 0 Å². The van der Waals surface area contributed by atoms with Crippen molar-refractivity contribution in [1.82, 2.24) is 5.32 Å². The minimum Gasteiger partial charge on any atom is -0.299 e. The quantitative estimate of drug-likeness (QED) is 0.183. The van der Waals surface area contributed by atoms with Gasteiger partial charge in [0.05, 0.1) is 11.5 Å². The Bertz CT molecular complexity index is 3110. The van der Waals surface area contributed by atoms with E-state index >= 15 is 0 Å². The van der Waals surface area contributed by atoms with E-state index in [9.17, 15) is 0 Å². The molecule has 302 valence electrons. The van der Waals surface area contributed by atoms with E-state index in [2.05, 4.69) is 224 Å². The molecule has 1 heteroatoms. The van der Waals surface area contributed by atoms with Crippen LogP contribution < -0.4 is 5.32 Å². The van der Waals surface area contributed by atoms with Gasteiger partial charge in [0.1, 0.15) is 0 Å². The Hall–Kier alpha value is -7.06. The van der Waals surface area contributed by atoms with Gasteiger partial charge in [0.15, 0.2) is 0 Å². The highest BCUT2D eigenvalue weighted by Crippen LogP contribution is 2.63. The van der Waals surface area contributed by atoms with Gasteiger partial charge in [0.2, 0.25) is 0 Å². The molecule has 0 radical (unpaired) electrons. The van der Waals surface area contributed by atoms with Gasteiger partial charge in [-0.1, -0.05) is 213 Å². The molecule has 63 heavy (non-hydrogen) atoms. The molecule has 1 nitrogen and oxygen atoms in total. The van der Waals surface area contributed by atoms with Crippen molar-refractivity contribution >= 4 is 5.57 Å². The van der Waals surface area contributed by atoms with Crippen LogP contribution in [0.2, 0.25) is 0 Å². The Morgan fingerprint density at radius 1 is 0.524 bits per heavy atom. The van der Waals surface area contributed by atoms with Gasteiger partial charge in [-0.25, -0.2) is 0 Å². The van der Waals surface area contributed by atoms with Gasteiger partial charge in [0, 0.05) is 12.0 Å². The summed E-state index contributed by atoms with van der Waals surface area (Å²) in [6, 6.07) is 64.3. The number of rotatable bonds is 5. The maximum absolute atomic E-state index is 4.67. The largest absolute Gasteiger partial charge is 0.299 e. The van der Waals surface area contributed by atoms with E-state index in [0.29, 0.717) is 5.92 Å². The van der Waals surface area contributed by atoms with Crippen molar-refractivity contribution in [2.45, 2.75) is 49.1 Å². The van der Waals surface area contributed by atoms with Gasteiger partial charge in [-0.05, 0) is 132 Å². The average Bonchev–Trinajstić information content (AvgIpc) is 3.46. The van der Waals surface area contributed by atoms with Crippen molar-refractivity contribution in [2.24, 2.45) is 0 Å². The molecule has 1 N–H and O–H groups in total. The van der Waals surface area contributed by atoms with Crippen molar-refractivity contribution in [3.8, 4) is 33.4 Å². The Morgan fingerprint density at radius 3 is 2.03 bits per heavy atom. The number of hydrogen-bond acceptors (Lipinski definition) is 1. The molecular weight excluding hydrogens is 759 g/mol. The second-order valence-electron chi connectivity index (χ2n) is 17.9. The standard InChI is InChI=1S/C62H49N/c1-41-38-48(42-18-4-2-5-19-42)40-59(44-20-6-3-7-21-44)63-61(41)45-36-34-43(35-37-45)46-22-16-23-47(39-46)49-29-17-33-58-60(49)54-28-12-15-32-57(54)62(58)55-30-13-10-26-52(55)50-24-8-9-25-51(50)53-27-11-14-31-56(53)62/h2-4,6-18,20-24,26-39,51,59,61,63H,1,5,19,25,40H2. The van der Waals surface area contributed by atoms with E-state index in [1.165, 1.54) is 94.6 Å². The molecule has 7 aromatic carbocycles. The molecule has 12 rings (SSSR count). The first-order valence-corrected chi connectivity index (χ1v) is 22.7. The highest BCUT2D eigenvalue weighted by atomic mass is 15.0. The molecule has 0 aromatic heterocycles. The topological polar surface area (TPSA) is 12.0 Å². The zero-order valence-corrected chi connectivity index (χ0v) is 35.5. The normalized spacial score (nSPS) is 21.7. The van der Waals surface area contributed by atoms with E-state index in [0.717, 1.165) is 31.3 Å². The van der Waals surface area contributed by atoms with Gasteiger partial charge >= 0.3 is 0 Å². The summed E-state index contributed by atoms with van der Waals surface area (Å²) in [5, 5.41) is 4.04. The molecular formula is C62H49N. The Kier molecular flexibility index (Phi) is 9.20. The maximum Gasteiger partial charge on any atom is 0.0722 e. The summed E-state index contributed by atoms with van der Waals surface area (Å²) in [6.45, 7) is 4.67. The third-order valence-electron chi connectivity index (χ3n) is 14.5. The van der Waals surface area contributed by atoms with Gasteiger partial charge < -0.3 is 0 Å². The molecule has 4 aliphatic carbocycles. The van der Waals surface area contributed by atoms with Crippen LogP contribution in [0, 0.1) is 0 Å². The molecule has 0 amide bonds. The lowest BCUT2D eigenvalue weighted by Crippen LogP contribution is -2.30. The molecule has 1 spiro atoms. The Balaban J connectivity index is 0.948. The first-order chi connectivity index (χ1) is 31.2. The van der Waals surface area contributed by atoms with Crippen molar-refractivity contribution in [3.63, 3.8) is 0 Å². The molecule has 0 fully saturated rings. The highest BCUT2D eigenvalue weighted by molar-refractivity contribution is 5.98. The SMILES string of the molecule is C=C1C=C(C2=CC=CCC2)CC(c2ccccc2)NC1c1ccc(-c2cccc(-c3cccc4c3-c3ccccc3C43c4ccccc4C4=CC=CCC4c4ccccc43)c2)cc1. The summed E-state index contributed by atoms with van der Waals surface area (Å²) in [7, 11) is 0. The third-order valence-corrected chi connectivity index (χ3v) is 14.5. The van der Waals surface area contributed by atoms with Crippen LogP contribution in [-0.2, 0) is 5.41 Å². The smallest absolute Gasteiger partial charge is 0.0722 e. The zero-order valence-electron chi connectivity index (χ0n) is 35.5. The van der Waals surface area contributed by atoms with Crippen molar-refractivity contribution in [2.75, 3.05) is 0 Å². The van der Waals surface area contributed by atoms with E-state index in [-0.39, 0.29) is 12.1 Å². The highest BCUT2D eigenvalue weighted by Gasteiger charge is 2.51. The van der Waals surface area contributed by atoms with Crippen molar-refractivity contribution in [3.05, 3.63) is 280 Å². The van der Waals surface area contributed by atoms with Crippen LogP contribution in [0.4, 0.5) is 0 Å². The summed E-state index contributed by atoms with van der Waals surface area (Å²) in [4.78, 5) is 0. The number of nitrogens with one attached hydrogen (secondary N) is 1. The van der Waals surface area contributed by atoms with E-state index in [1.807, 2.05) is 0 Å². The minimum absolute atomic E-state index is 0.00266. The van der Waals surface area contributed by atoms with Gasteiger partial charge in [0.25, 0.3) is 0 Å². The Morgan fingerprint density at radius 2 is 1.21 bits per heavy atom. The lowest BCUT2D eigenvalue weighted by Gasteiger charge is -2.35. The monoisotopic (exact) mass is 807 g/mol. The van der Waals surface area contributed by atoms with Crippen LogP contribution in [0.1, 0.15) is 88.2 Å². The molecule has 4 atom stereocenters. The second-order valence-corrected chi connectivity index (χ2v) is 17.9. The molecule has 7 aromatic rings. The summed E-state index contributed by atoms with van der Waals surface area (Å²) >= 11 is 0. The van der Waals surface area contributed by atoms with E-state index in [1.54, 1.807) is 0 Å². The van der Waals surface area contributed by atoms with Crippen molar-refractivity contribution in [1.29, 1.82) is 0 Å². The molecule has 0 bridgehead atoms. The molecule has 1 heterocycles. The first kappa shape index (κ1) is 37.7. The summed E-state index contributed by atoms with van der Waals surface area (Å²) in [6.07, 6.45) is 20.2. The summed E-state index contributed by atoms with van der Waals surface area (Å²) < 4.78 is 0. The predicted octanol–water partition coefficient (Wildman–Crippen LogP) is 15.4. The Labute approximate surface area is 371 Å². The third kappa shape index (κ3) is 6.10. The van der Waals surface area contributed by atoms with Crippen LogP contribution >= 0.6 is 0 Å². The fraction of sp³-hybridized carbons (Fsp3) is 0.129. The van der Waals surface area contributed by atoms with Gasteiger partial charge in [-0.3, -0.25) is 5.32 Å². The molecule has 1 aliphatic heterocycles. The number of benzene rings is 7. The summed E-state index contributed by atoms with van der Waals surface area (Å²) in [5.74, 6) is 0.307. The number of hydrogen-bond donors (Lipinski definition) is 1. The molecule has 4 unspecified atom stereocenters. The van der Waals surface area contributed by atoms with Crippen LogP contribution in [0.25, 0.3) is 39.0 Å². The summed E-state index contributed by atoms with van der Waals surface area (Å²) in [5.41, 5.74) is 23.3. The van der Waals surface area contributed by atoms with E-state index in [4.69, 9.17) is 0 Å². The fourth-order valence-corrected chi connectivity index (χ4v) is 11.7. The lowest BCUT2D eigenvalue weighted by atomic mass is 9.66. The van der Waals surface area contributed by atoms with Crippen LogP contribution in [0.3, 0.4) is 0 Å². The zero-order chi connectivity index (χ0) is 41.9. The number of allylic oxidation sites excluding steroid dienone is 8. The number of fused-ring (bicyclic) bond motifs is 12. The minimum atomic E-state index is -0.462. The first-order valence-electron chi connectivity index (χ1n) is 22.7. The van der Waals surface area contributed by atoms with Crippen LogP contribution in [0.5, 0.6) is 0 Å². The van der Waals surface area contributed by atoms with Crippen LogP contribution in [-0.4, -0.2) is 0 Å².